The van der Waals surface area contributed by atoms with E-state index in [2.05, 4.69) is 38.8 Å². The SMILES string of the molecule is C#C.C#C.C[SiH2]C. The van der Waals surface area contributed by atoms with Gasteiger partial charge in [-0.15, -0.1) is 25.7 Å². The predicted octanol–water partition coefficient (Wildman–Crippen LogP) is 0.750. The fraction of sp³-hybridized carbons (Fsp3) is 0.333. The van der Waals surface area contributed by atoms with Crippen LogP contribution in [0.5, 0.6) is 0 Å². The molecule has 0 aromatic carbocycles. The predicted molar refractivity (Wildman–Crippen MR) is 40.1 cm³/mol. The molecule has 0 aromatic rings. The van der Waals surface area contributed by atoms with Gasteiger partial charge >= 0.3 is 0 Å². The monoisotopic (exact) mass is 112 g/mol. The van der Waals surface area contributed by atoms with E-state index in [1.807, 2.05) is 0 Å². The van der Waals surface area contributed by atoms with Crippen molar-refractivity contribution < 1.29 is 0 Å². The Balaban J connectivity index is -0.0000000360. The van der Waals surface area contributed by atoms with Gasteiger partial charge in [-0.05, 0) is 0 Å². The van der Waals surface area contributed by atoms with E-state index in [-0.39, 0.29) is 0 Å². The van der Waals surface area contributed by atoms with Crippen molar-refractivity contribution in [3.05, 3.63) is 0 Å². The summed E-state index contributed by atoms with van der Waals surface area (Å²) in [5.41, 5.74) is 0. The van der Waals surface area contributed by atoms with Crippen molar-refractivity contribution in [2.75, 3.05) is 0 Å². The summed E-state index contributed by atoms with van der Waals surface area (Å²) in [5.74, 6) is 0. The molecule has 0 radical (unpaired) electrons. The number of rotatable bonds is 0. The van der Waals surface area contributed by atoms with Crippen LogP contribution < -0.4 is 0 Å². The van der Waals surface area contributed by atoms with E-state index in [0.29, 0.717) is 9.52 Å². The molecule has 0 spiro atoms. The van der Waals surface area contributed by atoms with Gasteiger partial charge in [0.2, 0.25) is 0 Å². The molecular formula is C6H12Si. The average Bonchev–Trinajstić information content (AvgIpc) is 1.78. The lowest BCUT2D eigenvalue weighted by atomic mass is 11.4. The molecule has 0 aliphatic carbocycles. The number of hydrogen-bond acceptors (Lipinski definition) is 0. The molecule has 1 heteroatoms. The standard InChI is InChI=1S/C2H8Si.2C2H2/c1-3-2;2*1-2/h3H2,1-2H3;2*1-2H. The summed E-state index contributed by atoms with van der Waals surface area (Å²) in [6.07, 6.45) is 16.0. The van der Waals surface area contributed by atoms with Crippen molar-refractivity contribution in [3.63, 3.8) is 0 Å². The lowest BCUT2D eigenvalue weighted by molar-refractivity contribution is 2.14. The van der Waals surface area contributed by atoms with Crippen LogP contribution in [0, 0.1) is 25.7 Å². The normalized spacial score (nSPS) is 3.14. The third-order valence-corrected chi connectivity index (χ3v) is 0. The maximum atomic E-state index is 4.00. The van der Waals surface area contributed by atoms with Gasteiger partial charge in [0.1, 0.15) is 0 Å². The van der Waals surface area contributed by atoms with E-state index < -0.39 is 0 Å². The Morgan fingerprint density at radius 3 is 0.857 bits per heavy atom. The summed E-state index contributed by atoms with van der Waals surface area (Å²) < 4.78 is 0. The van der Waals surface area contributed by atoms with E-state index >= 15 is 0 Å². The maximum absolute atomic E-state index is 4.00. The first-order valence-corrected chi connectivity index (χ1v) is 4.91. The second kappa shape index (κ2) is 884. The minimum Gasteiger partial charge on any atom is -0.124 e. The summed E-state index contributed by atoms with van der Waals surface area (Å²) in [6.45, 7) is 4.53. The van der Waals surface area contributed by atoms with Crippen LogP contribution >= 0.6 is 0 Å². The molecular weight excluding hydrogens is 100 g/mol. The van der Waals surface area contributed by atoms with Crippen molar-refractivity contribution in [2.24, 2.45) is 0 Å². The lowest BCUT2D eigenvalue weighted by Crippen LogP contribution is -1.53. The summed E-state index contributed by atoms with van der Waals surface area (Å²) in [7, 11) is 0.417. The molecule has 0 atom stereocenters. The fourth-order valence-corrected chi connectivity index (χ4v) is 0. The van der Waals surface area contributed by atoms with E-state index in [0.717, 1.165) is 0 Å². The van der Waals surface area contributed by atoms with Crippen LogP contribution in [0.2, 0.25) is 13.1 Å². The average molecular weight is 112 g/mol. The third kappa shape index (κ3) is 135. The van der Waals surface area contributed by atoms with E-state index in [4.69, 9.17) is 0 Å². The van der Waals surface area contributed by atoms with Gasteiger partial charge in [-0.2, -0.15) is 0 Å². The van der Waals surface area contributed by atoms with Crippen LogP contribution in [0.3, 0.4) is 0 Å². The Kier molecular flexibility index (Phi) is 2050. The zero-order chi connectivity index (χ0) is 6.71. The smallest absolute Gasteiger partial charge is 0.0135 e. The Labute approximate surface area is 49.1 Å². The zero-order valence-electron chi connectivity index (χ0n) is 5.02. The molecule has 0 nitrogen and oxygen atoms in total. The summed E-state index contributed by atoms with van der Waals surface area (Å²) in [6, 6.07) is 0. The van der Waals surface area contributed by atoms with Crippen molar-refractivity contribution in [1.29, 1.82) is 0 Å². The van der Waals surface area contributed by atoms with Gasteiger partial charge in [0.15, 0.2) is 0 Å². The molecule has 0 amide bonds. The molecule has 0 N–H and O–H groups in total. The van der Waals surface area contributed by atoms with Crippen LogP contribution in [0.25, 0.3) is 0 Å². The Morgan fingerprint density at radius 1 is 0.857 bits per heavy atom. The topological polar surface area (TPSA) is 0 Å². The highest BCUT2D eigenvalue weighted by atomic mass is 28.2. The minimum absolute atomic E-state index is 0.417. The van der Waals surface area contributed by atoms with Crippen molar-refractivity contribution >= 4 is 9.52 Å². The van der Waals surface area contributed by atoms with Crippen molar-refractivity contribution in [1.82, 2.24) is 0 Å². The quantitative estimate of drug-likeness (QED) is 0.320. The van der Waals surface area contributed by atoms with Gasteiger partial charge in [0.05, 0.1) is 0 Å². The molecule has 7 heavy (non-hydrogen) atoms. The Morgan fingerprint density at radius 2 is 0.857 bits per heavy atom. The van der Waals surface area contributed by atoms with Gasteiger partial charge in [0.25, 0.3) is 0 Å². The molecule has 0 rings (SSSR count). The molecule has 0 fully saturated rings. The van der Waals surface area contributed by atoms with Crippen molar-refractivity contribution in [2.45, 2.75) is 13.1 Å². The molecule has 0 heterocycles. The molecule has 0 aromatic heterocycles. The highest BCUT2D eigenvalue weighted by Gasteiger charge is 1.38. The molecule has 0 saturated heterocycles. The molecule has 0 bridgehead atoms. The van der Waals surface area contributed by atoms with Crippen molar-refractivity contribution in [3.8, 4) is 25.7 Å². The highest BCUT2D eigenvalue weighted by Crippen LogP contribution is 1.36. The van der Waals surface area contributed by atoms with Gasteiger partial charge in [0, 0.05) is 9.52 Å². The summed E-state index contributed by atoms with van der Waals surface area (Å²) >= 11 is 0. The van der Waals surface area contributed by atoms with Crippen LogP contribution in [0.4, 0.5) is 0 Å². The second-order valence-electron chi connectivity index (χ2n) is 0.707. The van der Waals surface area contributed by atoms with Crippen LogP contribution in [-0.4, -0.2) is 9.52 Å². The largest absolute Gasteiger partial charge is 0.124 e. The summed E-state index contributed by atoms with van der Waals surface area (Å²) in [5, 5.41) is 0. The van der Waals surface area contributed by atoms with Gasteiger partial charge in [-0.1, -0.05) is 13.1 Å². The molecule has 0 unspecified atom stereocenters. The molecule has 0 aliphatic rings. The van der Waals surface area contributed by atoms with E-state index in [9.17, 15) is 0 Å². The van der Waals surface area contributed by atoms with Crippen LogP contribution in [0.1, 0.15) is 0 Å². The van der Waals surface area contributed by atoms with E-state index in [1.165, 1.54) is 0 Å². The van der Waals surface area contributed by atoms with Gasteiger partial charge < -0.3 is 0 Å². The first kappa shape index (κ1) is 16.2. The Hall–Kier alpha value is -0.663. The second-order valence-corrected chi connectivity index (χ2v) is 2.12. The number of hydrogen-bond donors (Lipinski definition) is 0. The fourth-order valence-electron chi connectivity index (χ4n) is 0. The maximum Gasteiger partial charge on any atom is 0.0135 e. The zero-order valence-corrected chi connectivity index (χ0v) is 6.43. The number of terminal acetylenes is 2. The first-order valence-electron chi connectivity index (χ1n) is 2.08. The van der Waals surface area contributed by atoms with Gasteiger partial charge in [-0.3, -0.25) is 0 Å². The molecule has 0 aliphatic heterocycles. The Bertz CT molecular complexity index is 27.9. The molecule has 40 valence electrons. The lowest BCUT2D eigenvalue weighted by Gasteiger charge is -1.45. The summed E-state index contributed by atoms with van der Waals surface area (Å²) in [4.78, 5) is 0. The highest BCUT2D eigenvalue weighted by molar-refractivity contribution is 6.31. The third-order valence-electron chi connectivity index (χ3n) is 0. The van der Waals surface area contributed by atoms with E-state index in [1.54, 1.807) is 0 Å². The molecule has 0 saturated carbocycles. The van der Waals surface area contributed by atoms with Crippen LogP contribution in [-0.2, 0) is 0 Å². The van der Waals surface area contributed by atoms with Gasteiger partial charge in [-0.25, -0.2) is 0 Å². The minimum atomic E-state index is 0.417. The first-order chi connectivity index (χ1) is 3.41. The van der Waals surface area contributed by atoms with Crippen LogP contribution in [0.15, 0.2) is 0 Å².